The van der Waals surface area contributed by atoms with E-state index in [4.69, 9.17) is 17.3 Å². The zero-order chi connectivity index (χ0) is 13.2. The van der Waals surface area contributed by atoms with Crippen molar-refractivity contribution in [1.29, 1.82) is 0 Å². The number of anilines is 2. The van der Waals surface area contributed by atoms with Gasteiger partial charge in [-0.2, -0.15) is 0 Å². The van der Waals surface area contributed by atoms with E-state index in [-0.39, 0.29) is 0 Å². The average Bonchev–Trinajstić information content (AvgIpc) is 2.21. The van der Waals surface area contributed by atoms with Crippen molar-refractivity contribution in [3.8, 4) is 0 Å². The van der Waals surface area contributed by atoms with Crippen LogP contribution in [-0.4, -0.2) is 25.8 Å². The number of sulfone groups is 1. The minimum Gasteiger partial charge on any atom is -0.398 e. The van der Waals surface area contributed by atoms with Crippen LogP contribution in [0.4, 0.5) is 11.4 Å². The Morgan fingerprint density at radius 2 is 2.06 bits per heavy atom. The molecule has 0 radical (unpaired) electrons. The highest BCUT2D eigenvalue weighted by Crippen LogP contribution is 2.22. The predicted octanol–water partition coefficient (Wildman–Crippen LogP) is 1.29. The third kappa shape index (κ3) is 3.61. The van der Waals surface area contributed by atoms with Crippen molar-refractivity contribution in [3.63, 3.8) is 0 Å². The Labute approximate surface area is 105 Å². The van der Waals surface area contributed by atoms with Gasteiger partial charge in [-0.25, -0.2) is 8.42 Å². The van der Waals surface area contributed by atoms with E-state index in [0.717, 1.165) is 6.26 Å². The van der Waals surface area contributed by atoms with Crippen LogP contribution in [0.1, 0.15) is 6.92 Å². The lowest BCUT2D eigenvalue weighted by atomic mass is 10.3. The molecule has 0 saturated heterocycles. The second-order valence-electron chi connectivity index (χ2n) is 3.70. The summed E-state index contributed by atoms with van der Waals surface area (Å²) in [5.41, 5.74) is 6.30. The Morgan fingerprint density at radius 1 is 1.47 bits per heavy atom. The molecule has 0 aromatic heterocycles. The van der Waals surface area contributed by atoms with Crippen molar-refractivity contribution in [2.45, 2.75) is 12.2 Å². The lowest BCUT2D eigenvalue weighted by Crippen LogP contribution is -2.31. The maximum absolute atomic E-state index is 11.6. The van der Waals surface area contributed by atoms with Crippen LogP contribution in [0.25, 0.3) is 0 Å². The van der Waals surface area contributed by atoms with Crippen LogP contribution in [0.2, 0.25) is 5.02 Å². The normalized spacial score (nSPS) is 13.1. The van der Waals surface area contributed by atoms with Crippen molar-refractivity contribution in [1.82, 2.24) is 0 Å². The second-order valence-corrected chi connectivity index (χ2v) is 6.47. The summed E-state index contributed by atoms with van der Waals surface area (Å²) in [4.78, 5) is 11.6. The lowest BCUT2D eigenvalue weighted by Gasteiger charge is -2.11. The van der Waals surface area contributed by atoms with Crippen molar-refractivity contribution in [2.24, 2.45) is 0 Å². The number of rotatable bonds is 3. The van der Waals surface area contributed by atoms with Crippen molar-refractivity contribution < 1.29 is 13.2 Å². The number of carbonyl (C=O) groups excluding carboxylic acids is 1. The Morgan fingerprint density at radius 3 is 2.53 bits per heavy atom. The summed E-state index contributed by atoms with van der Waals surface area (Å²) in [5, 5.41) is 1.65. The number of carbonyl (C=O) groups is 1. The van der Waals surface area contributed by atoms with E-state index in [9.17, 15) is 13.2 Å². The molecular formula is C10H13ClN2O3S. The van der Waals surface area contributed by atoms with Crippen LogP contribution < -0.4 is 11.1 Å². The van der Waals surface area contributed by atoms with Gasteiger partial charge < -0.3 is 11.1 Å². The summed E-state index contributed by atoms with van der Waals surface area (Å²) in [7, 11) is -3.41. The van der Waals surface area contributed by atoms with E-state index >= 15 is 0 Å². The second kappa shape index (κ2) is 4.93. The van der Waals surface area contributed by atoms with Crippen LogP contribution in [0.5, 0.6) is 0 Å². The van der Waals surface area contributed by atoms with Gasteiger partial charge >= 0.3 is 0 Å². The molecule has 1 atom stereocenters. The molecule has 7 heteroatoms. The highest BCUT2D eigenvalue weighted by Gasteiger charge is 2.23. The molecule has 0 fully saturated rings. The third-order valence-electron chi connectivity index (χ3n) is 2.28. The third-order valence-corrected chi connectivity index (χ3v) is 4.11. The van der Waals surface area contributed by atoms with Crippen LogP contribution in [-0.2, 0) is 14.6 Å². The van der Waals surface area contributed by atoms with Gasteiger partial charge in [0.25, 0.3) is 0 Å². The number of hydrogen-bond donors (Lipinski definition) is 2. The van der Waals surface area contributed by atoms with Crippen LogP contribution in [0.15, 0.2) is 18.2 Å². The summed E-state index contributed by atoms with van der Waals surface area (Å²) in [6.45, 7) is 1.32. The molecule has 0 spiro atoms. The fourth-order valence-corrected chi connectivity index (χ4v) is 1.67. The fraction of sp³-hybridized carbons (Fsp3) is 0.300. The molecule has 0 aliphatic heterocycles. The molecule has 1 amide bonds. The number of benzene rings is 1. The van der Waals surface area contributed by atoms with Gasteiger partial charge in [0.05, 0.1) is 10.7 Å². The number of halogens is 1. The van der Waals surface area contributed by atoms with Crippen LogP contribution in [0, 0.1) is 0 Å². The molecule has 1 unspecified atom stereocenters. The number of hydrogen-bond acceptors (Lipinski definition) is 4. The Kier molecular flexibility index (Phi) is 4.00. The first kappa shape index (κ1) is 13.8. The van der Waals surface area contributed by atoms with Gasteiger partial charge in [-0.1, -0.05) is 11.6 Å². The van der Waals surface area contributed by atoms with E-state index in [0.29, 0.717) is 16.4 Å². The molecule has 3 N–H and O–H groups in total. The Hall–Kier alpha value is -1.27. The molecule has 1 aromatic rings. The highest BCUT2D eigenvalue weighted by atomic mass is 35.5. The van der Waals surface area contributed by atoms with Crippen molar-refractivity contribution >= 4 is 38.7 Å². The minimum absolute atomic E-state index is 0.301. The Bertz CT molecular complexity index is 542. The molecule has 0 saturated carbocycles. The molecule has 1 aromatic carbocycles. The SMILES string of the molecule is CC(C(=O)Nc1ccc(N)c(Cl)c1)S(C)(=O)=O. The van der Waals surface area contributed by atoms with Gasteiger partial charge in [-0.3, -0.25) is 4.79 Å². The van der Waals surface area contributed by atoms with E-state index < -0.39 is 21.0 Å². The molecule has 17 heavy (non-hydrogen) atoms. The molecule has 0 bridgehead atoms. The van der Waals surface area contributed by atoms with Crippen LogP contribution in [0.3, 0.4) is 0 Å². The number of amides is 1. The van der Waals surface area contributed by atoms with Crippen LogP contribution >= 0.6 is 11.6 Å². The van der Waals surface area contributed by atoms with Gasteiger partial charge in [0, 0.05) is 11.9 Å². The predicted molar refractivity (Wildman–Crippen MR) is 68.8 cm³/mol. The van der Waals surface area contributed by atoms with E-state index in [1.807, 2.05) is 0 Å². The topological polar surface area (TPSA) is 89.3 Å². The molecule has 5 nitrogen and oxygen atoms in total. The number of nitrogens with one attached hydrogen (secondary N) is 1. The average molecular weight is 277 g/mol. The summed E-state index contributed by atoms with van der Waals surface area (Å²) in [6, 6.07) is 4.54. The lowest BCUT2D eigenvalue weighted by molar-refractivity contribution is -0.115. The van der Waals surface area contributed by atoms with E-state index in [1.165, 1.54) is 19.1 Å². The van der Waals surface area contributed by atoms with Gasteiger partial charge in [0.15, 0.2) is 9.84 Å². The standard InChI is InChI=1S/C10H13ClN2O3S/c1-6(17(2,15)16)10(14)13-7-3-4-9(12)8(11)5-7/h3-6H,12H2,1-2H3,(H,13,14). The van der Waals surface area contributed by atoms with Gasteiger partial charge in [-0.15, -0.1) is 0 Å². The summed E-state index contributed by atoms with van der Waals surface area (Å²) in [6.07, 6.45) is 1.01. The van der Waals surface area contributed by atoms with Gasteiger partial charge in [0.2, 0.25) is 5.91 Å². The first-order valence-electron chi connectivity index (χ1n) is 4.76. The summed E-state index contributed by atoms with van der Waals surface area (Å²) >= 11 is 5.77. The van der Waals surface area contributed by atoms with Gasteiger partial charge in [0.1, 0.15) is 5.25 Å². The zero-order valence-electron chi connectivity index (χ0n) is 9.40. The first-order valence-corrected chi connectivity index (χ1v) is 7.10. The molecule has 0 heterocycles. The molecular weight excluding hydrogens is 264 g/mol. The minimum atomic E-state index is -3.41. The number of nitrogens with two attached hydrogens (primary N) is 1. The maximum atomic E-state index is 11.6. The Balaban J connectivity index is 2.85. The largest absolute Gasteiger partial charge is 0.398 e. The molecule has 1 rings (SSSR count). The van der Waals surface area contributed by atoms with Crippen molar-refractivity contribution in [3.05, 3.63) is 23.2 Å². The molecule has 94 valence electrons. The van der Waals surface area contributed by atoms with Crippen molar-refractivity contribution in [2.75, 3.05) is 17.3 Å². The summed E-state index contributed by atoms with van der Waals surface area (Å²) in [5.74, 6) is -0.603. The van der Waals surface area contributed by atoms with Gasteiger partial charge in [-0.05, 0) is 25.1 Å². The van der Waals surface area contributed by atoms with E-state index in [1.54, 1.807) is 6.07 Å². The highest BCUT2D eigenvalue weighted by molar-refractivity contribution is 7.92. The monoisotopic (exact) mass is 276 g/mol. The smallest absolute Gasteiger partial charge is 0.242 e. The maximum Gasteiger partial charge on any atom is 0.242 e. The molecule has 0 aliphatic rings. The fourth-order valence-electron chi connectivity index (χ4n) is 1.04. The zero-order valence-corrected chi connectivity index (χ0v) is 11.0. The molecule has 0 aliphatic carbocycles. The first-order chi connectivity index (χ1) is 7.71. The number of nitrogen functional groups attached to an aromatic ring is 1. The van der Waals surface area contributed by atoms with E-state index in [2.05, 4.69) is 5.32 Å². The summed E-state index contributed by atoms with van der Waals surface area (Å²) < 4.78 is 22.4. The quantitative estimate of drug-likeness (QED) is 0.814.